The van der Waals surface area contributed by atoms with Crippen molar-refractivity contribution in [3.05, 3.63) is 41.7 Å². The maximum absolute atomic E-state index is 6.09. The van der Waals surface area contributed by atoms with Crippen molar-refractivity contribution in [1.82, 2.24) is 14.7 Å². The molecule has 0 radical (unpaired) electrons. The van der Waals surface area contributed by atoms with E-state index in [4.69, 9.17) is 19.3 Å². The van der Waals surface area contributed by atoms with Gasteiger partial charge in [0.15, 0.2) is 11.5 Å². The fraction of sp³-hybridized carbons (Fsp3) is 0.625. The van der Waals surface area contributed by atoms with E-state index in [9.17, 15) is 0 Å². The van der Waals surface area contributed by atoms with Gasteiger partial charge in [-0.3, -0.25) is 9.58 Å². The lowest BCUT2D eigenvalue weighted by atomic mass is 9.89. The summed E-state index contributed by atoms with van der Waals surface area (Å²) in [5.41, 5.74) is 2.20. The monoisotopic (exact) mass is 413 g/mol. The Morgan fingerprint density at radius 2 is 1.93 bits per heavy atom. The number of hydrogen-bond acceptors (Lipinski definition) is 5. The zero-order valence-corrected chi connectivity index (χ0v) is 18.4. The molecule has 0 unspecified atom stereocenters. The lowest BCUT2D eigenvalue weighted by Crippen LogP contribution is -2.41. The molecule has 1 aliphatic heterocycles. The summed E-state index contributed by atoms with van der Waals surface area (Å²) in [5.74, 6) is 2.40. The van der Waals surface area contributed by atoms with Crippen LogP contribution in [0.4, 0.5) is 0 Å². The smallest absolute Gasteiger partial charge is 0.161 e. The van der Waals surface area contributed by atoms with Gasteiger partial charge in [0, 0.05) is 38.8 Å². The molecule has 2 heterocycles. The number of benzene rings is 1. The number of nitrogens with zero attached hydrogens (tertiary/aromatic N) is 3. The molecule has 2 fully saturated rings. The maximum Gasteiger partial charge on any atom is 0.161 e. The van der Waals surface area contributed by atoms with Gasteiger partial charge >= 0.3 is 0 Å². The predicted octanol–water partition coefficient (Wildman–Crippen LogP) is 4.00. The van der Waals surface area contributed by atoms with E-state index >= 15 is 0 Å². The molecule has 4 rings (SSSR count). The minimum atomic E-state index is 0.0671. The summed E-state index contributed by atoms with van der Waals surface area (Å²) in [7, 11) is 3.67. The number of para-hydroxylation sites is 2. The Morgan fingerprint density at radius 3 is 2.73 bits per heavy atom. The average molecular weight is 414 g/mol. The highest BCUT2D eigenvalue weighted by Crippen LogP contribution is 2.28. The Kier molecular flexibility index (Phi) is 7.28. The Morgan fingerprint density at radius 1 is 1.13 bits per heavy atom. The fourth-order valence-electron chi connectivity index (χ4n) is 4.71. The van der Waals surface area contributed by atoms with Gasteiger partial charge in [0.25, 0.3) is 0 Å². The Balaban J connectivity index is 1.31. The molecule has 1 atom stereocenters. The van der Waals surface area contributed by atoms with Crippen molar-refractivity contribution in [2.45, 2.75) is 44.6 Å². The van der Waals surface area contributed by atoms with Crippen LogP contribution >= 0.6 is 0 Å². The second kappa shape index (κ2) is 10.3. The molecule has 1 saturated carbocycles. The van der Waals surface area contributed by atoms with Crippen molar-refractivity contribution >= 4 is 0 Å². The summed E-state index contributed by atoms with van der Waals surface area (Å²) in [6.07, 6.45) is 7.86. The van der Waals surface area contributed by atoms with Crippen molar-refractivity contribution in [1.29, 1.82) is 0 Å². The van der Waals surface area contributed by atoms with Crippen molar-refractivity contribution in [3.8, 4) is 11.5 Å². The molecule has 0 spiro atoms. The molecule has 1 aliphatic carbocycles. The highest BCUT2D eigenvalue weighted by Gasteiger charge is 2.27. The van der Waals surface area contributed by atoms with Crippen LogP contribution in [0.2, 0.25) is 0 Å². The minimum Gasteiger partial charge on any atom is -0.493 e. The van der Waals surface area contributed by atoms with E-state index in [1.165, 1.54) is 38.6 Å². The van der Waals surface area contributed by atoms with Crippen LogP contribution in [0, 0.1) is 5.92 Å². The van der Waals surface area contributed by atoms with Crippen molar-refractivity contribution in [2.24, 2.45) is 13.0 Å². The normalized spacial score (nSPS) is 20.9. The zero-order chi connectivity index (χ0) is 20.8. The van der Waals surface area contributed by atoms with Gasteiger partial charge in [0.2, 0.25) is 0 Å². The van der Waals surface area contributed by atoms with Crippen LogP contribution < -0.4 is 9.47 Å². The van der Waals surface area contributed by atoms with Crippen molar-refractivity contribution < 1.29 is 14.2 Å². The van der Waals surface area contributed by atoms with E-state index in [1.54, 1.807) is 7.11 Å². The third kappa shape index (κ3) is 5.35. The number of rotatable bonds is 8. The third-order valence-corrected chi connectivity index (χ3v) is 6.40. The van der Waals surface area contributed by atoms with E-state index in [2.05, 4.69) is 11.0 Å². The lowest BCUT2D eigenvalue weighted by Gasteiger charge is -2.35. The second-order valence-electron chi connectivity index (χ2n) is 8.56. The van der Waals surface area contributed by atoms with Gasteiger partial charge in [-0.2, -0.15) is 5.10 Å². The first kappa shape index (κ1) is 21.2. The lowest BCUT2D eigenvalue weighted by molar-refractivity contribution is -0.0381. The standard InChI is InChI=1S/C24H35N3O3/c1-26-20(12-14-29-23-11-7-6-10-22(23)28-2)16-21(25-26)24-18-27(13-15-30-24)17-19-8-4-3-5-9-19/h6-7,10-11,16,19,24H,3-5,8-9,12-15,17-18H2,1-2H3/t24-/m1/s1. The molecule has 1 aromatic heterocycles. The molecule has 0 N–H and O–H groups in total. The Bertz CT molecular complexity index is 801. The Hall–Kier alpha value is -2.05. The molecule has 1 saturated heterocycles. The number of aryl methyl sites for hydroxylation is 1. The molecule has 0 amide bonds. The van der Waals surface area contributed by atoms with Crippen LogP contribution in [0.25, 0.3) is 0 Å². The van der Waals surface area contributed by atoms with Crippen LogP contribution in [0.3, 0.4) is 0 Å². The summed E-state index contributed by atoms with van der Waals surface area (Å²) >= 11 is 0. The van der Waals surface area contributed by atoms with Gasteiger partial charge in [0.1, 0.15) is 6.10 Å². The maximum atomic E-state index is 6.09. The highest BCUT2D eigenvalue weighted by molar-refractivity contribution is 5.39. The molecule has 0 bridgehead atoms. The minimum absolute atomic E-state index is 0.0671. The largest absolute Gasteiger partial charge is 0.493 e. The molecule has 1 aromatic carbocycles. The van der Waals surface area contributed by atoms with Gasteiger partial charge in [-0.05, 0) is 37.0 Å². The molecular weight excluding hydrogens is 378 g/mol. The van der Waals surface area contributed by atoms with Gasteiger partial charge in [-0.25, -0.2) is 0 Å². The van der Waals surface area contributed by atoms with Crippen LogP contribution in [-0.2, 0) is 18.2 Å². The zero-order valence-electron chi connectivity index (χ0n) is 18.4. The van der Waals surface area contributed by atoms with Gasteiger partial charge in [-0.15, -0.1) is 0 Å². The molecule has 2 aliphatic rings. The molecule has 6 nitrogen and oxygen atoms in total. The van der Waals surface area contributed by atoms with Crippen LogP contribution in [0.15, 0.2) is 30.3 Å². The van der Waals surface area contributed by atoms with Gasteiger partial charge < -0.3 is 14.2 Å². The van der Waals surface area contributed by atoms with Crippen LogP contribution in [0.1, 0.15) is 49.6 Å². The second-order valence-corrected chi connectivity index (χ2v) is 8.56. The molecular formula is C24H35N3O3. The van der Waals surface area contributed by atoms with Gasteiger partial charge in [0.05, 0.1) is 26.0 Å². The number of morpholine rings is 1. The first-order chi connectivity index (χ1) is 14.7. The van der Waals surface area contributed by atoms with E-state index in [1.807, 2.05) is 36.0 Å². The fourth-order valence-corrected chi connectivity index (χ4v) is 4.71. The van der Waals surface area contributed by atoms with Crippen molar-refractivity contribution in [2.75, 3.05) is 40.0 Å². The van der Waals surface area contributed by atoms with Gasteiger partial charge in [-0.1, -0.05) is 31.4 Å². The first-order valence-corrected chi connectivity index (χ1v) is 11.4. The Labute approximate surface area is 180 Å². The number of methoxy groups -OCH3 is 1. The summed E-state index contributed by atoms with van der Waals surface area (Å²) in [4.78, 5) is 2.59. The molecule has 2 aromatic rings. The van der Waals surface area contributed by atoms with Crippen LogP contribution in [0.5, 0.6) is 11.5 Å². The molecule has 6 heteroatoms. The van der Waals surface area contributed by atoms with E-state index in [-0.39, 0.29) is 6.10 Å². The molecule has 164 valence electrons. The summed E-state index contributed by atoms with van der Waals surface area (Å²) in [5, 5.41) is 4.76. The topological polar surface area (TPSA) is 48.8 Å². The van der Waals surface area contributed by atoms with E-state index in [0.29, 0.717) is 6.61 Å². The SMILES string of the molecule is COc1ccccc1OCCc1cc([C@H]2CN(CC3CCCCC3)CCO2)nn1C. The highest BCUT2D eigenvalue weighted by atomic mass is 16.5. The predicted molar refractivity (Wildman–Crippen MR) is 117 cm³/mol. The summed E-state index contributed by atoms with van der Waals surface area (Å²) in [6.45, 7) is 4.58. The number of aromatic nitrogens is 2. The first-order valence-electron chi connectivity index (χ1n) is 11.4. The molecule has 30 heavy (non-hydrogen) atoms. The van der Waals surface area contributed by atoms with E-state index < -0.39 is 0 Å². The van der Waals surface area contributed by atoms with Crippen LogP contribution in [-0.4, -0.2) is 54.6 Å². The quantitative estimate of drug-likeness (QED) is 0.655. The van der Waals surface area contributed by atoms with Crippen molar-refractivity contribution in [3.63, 3.8) is 0 Å². The number of ether oxygens (including phenoxy) is 3. The summed E-state index contributed by atoms with van der Waals surface area (Å²) < 4.78 is 19.3. The van der Waals surface area contributed by atoms with E-state index in [0.717, 1.165) is 54.9 Å². The average Bonchev–Trinajstić information content (AvgIpc) is 3.15. The summed E-state index contributed by atoms with van der Waals surface area (Å²) in [6, 6.07) is 9.93. The number of hydrogen-bond donors (Lipinski definition) is 0. The third-order valence-electron chi connectivity index (χ3n) is 6.40.